The molecule has 0 bridgehead atoms. The first kappa shape index (κ1) is 14.1. The Morgan fingerprint density at radius 1 is 1.18 bits per heavy atom. The second-order valence-electron chi connectivity index (χ2n) is 2.75. The van der Waals surface area contributed by atoms with E-state index in [4.69, 9.17) is 5.73 Å². The van der Waals surface area contributed by atoms with Crippen molar-refractivity contribution < 1.29 is 31.1 Å². The van der Waals surface area contributed by atoms with Crippen molar-refractivity contribution in [3.05, 3.63) is 15.3 Å². The van der Waals surface area contributed by atoms with Gasteiger partial charge < -0.3 is 10.5 Å². The number of rotatable bonds is 1. The fourth-order valence-corrected chi connectivity index (χ4v) is 1.35. The maximum atomic E-state index is 12.5. The number of alkyl halides is 6. The second-order valence-corrected chi connectivity index (χ2v) is 3.91. The highest BCUT2D eigenvalue weighted by Crippen LogP contribution is 2.41. The summed E-state index contributed by atoms with van der Waals surface area (Å²) in [6.45, 7) is 0. The van der Waals surface area contributed by atoms with Crippen LogP contribution in [0.4, 0.5) is 32.0 Å². The number of aromatic nitrogens is 1. The molecule has 2 N–H and O–H groups in total. The first-order valence-electron chi connectivity index (χ1n) is 3.79. The molecule has 0 spiro atoms. The molecule has 0 atom stereocenters. The molecule has 0 aliphatic carbocycles. The summed E-state index contributed by atoms with van der Waals surface area (Å²) in [5.41, 5.74) is 2.48. The summed E-state index contributed by atoms with van der Waals surface area (Å²) in [6.07, 6.45) is -9.60. The third kappa shape index (κ3) is 3.51. The van der Waals surface area contributed by atoms with Crippen LogP contribution in [0.5, 0.6) is 5.88 Å². The van der Waals surface area contributed by atoms with Gasteiger partial charge in [-0.15, -0.1) is 13.2 Å². The van der Waals surface area contributed by atoms with Crippen LogP contribution in [0.15, 0.2) is 6.20 Å². The summed E-state index contributed by atoms with van der Waals surface area (Å²) in [5.74, 6) is -1.61. The number of nitrogen functional groups attached to an aromatic ring is 1. The third-order valence-electron chi connectivity index (χ3n) is 1.53. The number of hydrogen-bond acceptors (Lipinski definition) is 3. The van der Waals surface area contributed by atoms with E-state index in [1.807, 2.05) is 0 Å². The summed E-state index contributed by atoms with van der Waals surface area (Å²) < 4.78 is 76.1. The zero-order valence-corrected chi connectivity index (χ0v) is 9.81. The van der Waals surface area contributed by atoms with Crippen LogP contribution in [0.3, 0.4) is 0 Å². The standard InChI is InChI=1S/C7H3F6IN2O/c8-6(9,10)3-4(15)2(14)1-16-5(3)17-7(11,12)13/h1H,(H2,15,16). The van der Waals surface area contributed by atoms with Crippen molar-refractivity contribution >= 4 is 28.3 Å². The Morgan fingerprint density at radius 2 is 1.71 bits per heavy atom. The van der Waals surface area contributed by atoms with Crippen molar-refractivity contribution in [3.8, 4) is 5.88 Å². The minimum absolute atomic E-state index is 0.121. The quantitative estimate of drug-likeness (QED) is 0.609. The maximum Gasteiger partial charge on any atom is 0.574 e. The molecule has 0 saturated heterocycles. The molecule has 0 amide bonds. The summed E-state index contributed by atoms with van der Waals surface area (Å²) in [4.78, 5) is 2.94. The Morgan fingerprint density at radius 3 is 2.12 bits per heavy atom. The SMILES string of the molecule is Nc1c(I)cnc(OC(F)(F)F)c1C(F)(F)F. The van der Waals surface area contributed by atoms with Crippen LogP contribution in [-0.2, 0) is 6.18 Å². The van der Waals surface area contributed by atoms with Crippen molar-refractivity contribution in [1.29, 1.82) is 0 Å². The molecular weight excluding hydrogens is 369 g/mol. The van der Waals surface area contributed by atoms with E-state index in [0.717, 1.165) is 6.20 Å². The van der Waals surface area contributed by atoms with Gasteiger partial charge in [0.15, 0.2) is 0 Å². The van der Waals surface area contributed by atoms with E-state index < -0.39 is 29.7 Å². The molecule has 0 aromatic carbocycles. The number of anilines is 1. The minimum Gasteiger partial charge on any atom is -0.397 e. The number of halogens is 7. The van der Waals surface area contributed by atoms with E-state index in [0.29, 0.717) is 0 Å². The van der Waals surface area contributed by atoms with Gasteiger partial charge >= 0.3 is 12.5 Å². The minimum atomic E-state index is -5.27. The predicted octanol–water partition coefficient (Wildman–Crippen LogP) is 3.19. The highest BCUT2D eigenvalue weighted by atomic mass is 127. The topological polar surface area (TPSA) is 48.1 Å². The fraction of sp³-hybridized carbons (Fsp3) is 0.286. The lowest BCUT2D eigenvalue weighted by Gasteiger charge is -2.16. The summed E-state index contributed by atoms with van der Waals surface area (Å²) in [5, 5.41) is 0. The van der Waals surface area contributed by atoms with E-state index in [-0.39, 0.29) is 3.57 Å². The molecule has 10 heteroatoms. The van der Waals surface area contributed by atoms with E-state index in [2.05, 4.69) is 9.72 Å². The summed E-state index contributed by atoms with van der Waals surface area (Å²) >= 11 is 1.42. The molecule has 1 heterocycles. The van der Waals surface area contributed by atoms with Gasteiger partial charge in [0, 0.05) is 6.20 Å². The van der Waals surface area contributed by atoms with Crippen LogP contribution < -0.4 is 10.5 Å². The largest absolute Gasteiger partial charge is 0.574 e. The summed E-state index contributed by atoms with van der Waals surface area (Å²) in [7, 11) is 0. The smallest absolute Gasteiger partial charge is 0.397 e. The monoisotopic (exact) mass is 372 g/mol. The molecule has 0 fully saturated rings. The Kier molecular flexibility index (Phi) is 3.64. The van der Waals surface area contributed by atoms with Crippen LogP contribution in [0.2, 0.25) is 0 Å². The Balaban J connectivity index is 3.36. The molecule has 17 heavy (non-hydrogen) atoms. The van der Waals surface area contributed by atoms with E-state index in [1.54, 1.807) is 0 Å². The van der Waals surface area contributed by atoms with Gasteiger partial charge in [-0.3, -0.25) is 0 Å². The van der Waals surface area contributed by atoms with Gasteiger partial charge in [0.2, 0.25) is 5.88 Å². The highest BCUT2D eigenvalue weighted by Gasteiger charge is 2.42. The van der Waals surface area contributed by atoms with Gasteiger partial charge in [-0.05, 0) is 22.6 Å². The molecule has 3 nitrogen and oxygen atoms in total. The van der Waals surface area contributed by atoms with E-state index in [1.165, 1.54) is 22.6 Å². The lowest BCUT2D eigenvalue weighted by molar-refractivity contribution is -0.277. The molecule has 1 aromatic rings. The van der Waals surface area contributed by atoms with Gasteiger partial charge in [0.25, 0.3) is 0 Å². The van der Waals surface area contributed by atoms with Crippen molar-refractivity contribution in [3.63, 3.8) is 0 Å². The number of nitrogens with zero attached hydrogens (tertiary/aromatic N) is 1. The Labute approximate surface area is 104 Å². The van der Waals surface area contributed by atoms with Crippen LogP contribution >= 0.6 is 22.6 Å². The van der Waals surface area contributed by atoms with Gasteiger partial charge in [-0.25, -0.2) is 4.98 Å². The summed E-state index contributed by atoms with van der Waals surface area (Å²) in [6, 6.07) is 0. The van der Waals surface area contributed by atoms with E-state index in [9.17, 15) is 26.3 Å². The van der Waals surface area contributed by atoms with Crippen LogP contribution in [0, 0.1) is 3.57 Å². The molecule has 96 valence electrons. The zero-order chi connectivity index (χ0) is 13.4. The van der Waals surface area contributed by atoms with Gasteiger partial charge in [0.05, 0.1) is 9.26 Å². The number of ether oxygens (including phenoxy) is 1. The van der Waals surface area contributed by atoms with Crippen molar-refractivity contribution in [2.24, 2.45) is 0 Å². The van der Waals surface area contributed by atoms with Crippen molar-refractivity contribution in [1.82, 2.24) is 4.98 Å². The maximum absolute atomic E-state index is 12.5. The average molecular weight is 372 g/mol. The van der Waals surface area contributed by atoms with Crippen molar-refractivity contribution in [2.45, 2.75) is 12.5 Å². The normalized spacial score (nSPS) is 12.6. The Bertz CT molecular complexity index is 430. The van der Waals surface area contributed by atoms with Crippen molar-refractivity contribution in [2.75, 3.05) is 5.73 Å². The van der Waals surface area contributed by atoms with Crippen LogP contribution in [0.25, 0.3) is 0 Å². The lowest BCUT2D eigenvalue weighted by atomic mass is 10.2. The van der Waals surface area contributed by atoms with Crippen LogP contribution in [-0.4, -0.2) is 11.3 Å². The predicted molar refractivity (Wildman–Crippen MR) is 53.1 cm³/mol. The first-order chi connectivity index (χ1) is 7.52. The van der Waals surface area contributed by atoms with E-state index >= 15 is 0 Å². The zero-order valence-electron chi connectivity index (χ0n) is 7.66. The van der Waals surface area contributed by atoms with Gasteiger partial charge in [-0.1, -0.05) is 0 Å². The van der Waals surface area contributed by atoms with Gasteiger partial charge in [0.1, 0.15) is 5.56 Å². The average Bonchev–Trinajstić information content (AvgIpc) is 2.06. The molecule has 0 radical (unpaired) electrons. The van der Waals surface area contributed by atoms with Gasteiger partial charge in [-0.2, -0.15) is 13.2 Å². The molecular formula is C7H3F6IN2O. The first-order valence-corrected chi connectivity index (χ1v) is 4.87. The molecule has 1 aromatic heterocycles. The third-order valence-corrected chi connectivity index (χ3v) is 2.39. The molecule has 0 unspecified atom stereocenters. The molecule has 1 rings (SSSR count). The molecule has 0 aliphatic heterocycles. The fourth-order valence-electron chi connectivity index (χ4n) is 0.945. The van der Waals surface area contributed by atoms with Crippen LogP contribution in [0.1, 0.15) is 5.56 Å². The highest BCUT2D eigenvalue weighted by molar-refractivity contribution is 14.1. The second kappa shape index (κ2) is 4.38. The number of pyridine rings is 1. The number of hydrogen-bond donors (Lipinski definition) is 1. The molecule has 0 aliphatic rings. The Hall–Kier alpha value is -0.940. The molecule has 0 saturated carbocycles. The lowest BCUT2D eigenvalue weighted by Crippen LogP contribution is -2.22. The number of nitrogens with two attached hydrogens (primary N) is 1.